The quantitative estimate of drug-likeness (QED) is 0.473. The lowest BCUT2D eigenvalue weighted by atomic mass is 10.0. The highest BCUT2D eigenvalue weighted by molar-refractivity contribution is 5.75. The van der Waals surface area contributed by atoms with Gasteiger partial charge in [-0.2, -0.15) is 0 Å². The van der Waals surface area contributed by atoms with Crippen molar-refractivity contribution in [1.29, 1.82) is 0 Å². The van der Waals surface area contributed by atoms with Gasteiger partial charge in [-0.25, -0.2) is 0 Å². The van der Waals surface area contributed by atoms with Crippen molar-refractivity contribution in [2.75, 3.05) is 13.1 Å². The molecule has 1 aliphatic rings. The summed E-state index contributed by atoms with van der Waals surface area (Å²) in [7, 11) is 0. The Hall–Kier alpha value is -0.770. The molecular weight excluding hydrogens is 164 g/mol. The molecular formula is C9H20N4. The Labute approximate surface area is 80.0 Å². The fourth-order valence-corrected chi connectivity index (χ4v) is 1.74. The SMILES string of the molecule is CC(C)N1CCC(N=C(N)N)CC1. The maximum atomic E-state index is 5.33. The van der Waals surface area contributed by atoms with Gasteiger partial charge in [-0.1, -0.05) is 0 Å². The first-order chi connectivity index (χ1) is 6.09. The second kappa shape index (κ2) is 4.46. The van der Waals surface area contributed by atoms with Gasteiger partial charge >= 0.3 is 0 Å². The Balaban J connectivity index is 2.35. The molecule has 13 heavy (non-hydrogen) atoms. The van der Waals surface area contributed by atoms with Crippen LogP contribution in [0.2, 0.25) is 0 Å². The summed E-state index contributed by atoms with van der Waals surface area (Å²) < 4.78 is 0. The molecule has 1 rings (SSSR count). The molecule has 0 atom stereocenters. The minimum absolute atomic E-state index is 0.225. The monoisotopic (exact) mass is 184 g/mol. The molecule has 1 heterocycles. The molecule has 0 unspecified atom stereocenters. The first-order valence-electron chi connectivity index (χ1n) is 4.92. The summed E-state index contributed by atoms with van der Waals surface area (Å²) >= 11 is 0. The average Bonchev–Trinajstić information content (AvgIpc) is 2.04. The largest absolute Gasteiger partial charge is 0.370 e. The number of nitrogens with zero attached hydrogens (tertiary/aromatic N) is 2. The van der Waals surface area contributed by atoms with E-state index in [0.717, 1.165) is 25.9 Å². The Morgan fingerprint density at radius 2 is 1.85 bits per heavy atom. The highest BCUT2D eigenvalue weighted by atomic mass is 15.2. The molecule has 4 nitrogen and oxygen atoms in total. The molecule has 0 aliphatic carbocycles. The molecule has 1 saturated heterocycles. The van der Waals surface area contributed by atoms with Gasteiger partial charge in [0.1, 0.15) is 0 Å². The maximum absolute atomic E-state index is 5.33. The van der Waals surface area contributed by atoms with Gasteiger partial charge in [-0.3, -0.25) is 4.99 Å². The fraction of sp³-hybridized carbons (Fsp3) is 0.889. The van der Waals surface area contributed by atoms with Gasteiger partial charge < -0.3 is 16.4 Å². The maximum Gasteiger partial charge on any atom is 0.186 e. The lowest BCUT2D eigenvalue weighted by Gasteiger charge is -2.33. The van der Waals surface area contributed by atoms with Crippen LogP contribution in [0, 0.1) is 0 Å². The summed E-state index contributed by atoms with van der Waals surface area (Å²) in [5, 5.41) is 0. The summed E-state index contributed by atoms with van der Waals surface area (Å²) in [6.07, 6.45) is 2.16. The minimum Gasteiger partial charge on any atom is -0.370 e. The van der Waals surface area contributed by atoms with Crippen LogP contribution in [0.25, 0.3) is 0 Å². The number of hydrogen-bond acceptors (Lipinski definition) is 2. The van der Waals surface area contributed by atoms with E-state index in [2.05, 4.69) is 23.7 Å². The zero-order chi connectivity index (χ0) is 9.84. The van der Waals surface area contributed by atoms with E-state index in [0.29, 0.717) is 12.1 Å². The molecule has 0 amide bonds. The van der Waals surface area contributed by atoms with E-state index in [-0.39, 0.29) is 5.96 Å². The Bertz CT molecular complexity index is 176. The topological polar surface area (TPSA) is 67.6 Å². The molecule has 76 valence electrons. The zero-order valence-corrected chi connectivity index (χ0v) is 8.53. The number of hydrogen-bond donors (Lipinski definition) is 2. The lowest BCUT2D eigenvalue weighted by Crippen LogP contribution is -2.40. The third kappa shape index (κ3) is 3.22. The van der Waals surface area contributed by atoms with Crippen LogP contribution < -0.4 is 11.5 Å². The van der Waals surface area contributed by atoms with Crippen molar-refractivity contribution < 1.29 is 0 Å². The van der Waals surface area contributed by atoms with Crippen LogP contribution in [0.4, 0.5) is 0 Å². The van der Waals surface area contributed by atoms with E-state index in [1.165, 1.54) is 0 Å². The first-order valence-corrected chi connectivity index (χ1v) is 4.92. The van der Waals surface area contributed by atoms with Crippen LogP contribution in [0.3, 0.4) is 0 Å². The van der Waals surface area contributed by atoms with Crippen molar-refractivity contribution in [2.24, 2.45) is 16.5 Å². The second-order valence-electron chi connectivity index (χ2n) is 3.91. The van der Waals surface area contributed by atoms with Crippen molar-refractivity contribution in [3.63, 3.8) is 0 Å². The molecule has 0 saturated carbocycles. The van der Waals surface area contributed by atoms with Gasteiger partial charge in [-0.05, 0) is 26.7 Å². The van der Waals surface area contributed by atoms with E-state index >= 15 is 0 Å². The summed E-state index contributed by atoms with van der Waals surface area (Å²) in [4.78, 5) is 6.63. The lowest BCUT2D eigenvalue weighted by molar-refractivity contribution is 0.173. The predicted octanol–water partition coefficient (Wildman–Crippen LogP) is 0.133. The van der Waals surface area contributed by atoms with Crippen LogP contribution in [-0.4, -0.2) is 36.0 Å². The third-order valence-corrected chi connectivity index (χ3v) is 2.56. The zero-order valence-electron chi connectivity index (χ0n) is 8.53. The average molecular weight is 184 g/mol. The van der Waals surface area contributed by atoms with Crippen LogP contribution in [0.15, 0.2) is 4.99 Å². The molecule has 0 radical (unpaired) electrons. The van der Waals surface area contributed by atoms with Crippen molar-refractivity contribution in [3.8, 4) is 0 Å². The molecule has 1 fully saturated rings. The smallest absolute Gasteiger partial charge is 0.186 e. The molecule has 0 aromatic rings. The summed E-state index contributed by atoms with van der Waals surface area (Å²) in [6, 6.07) is 0.986. The third-order valence-electron chi connectivity index (χ3n) is 2.56. The molecule has 4 heteroatoms. The van der Waals surface area contributed by atoms with Crippen molar-refractivity contribution in [3.05, 3.63) is 0 Å². The summed E-state index contributed by atoms with van der Waals surface area (Å²) in [6.45, 7) is 6.67. The molecule has 0 aromatic carbocycles. The van der Waals surface area contributed by atoms with Crippen molar-refractivity contribution >= 4 is 5.96 Å². The molecule has 0 aromatic heterocycles. The van der Waals surface area contributed by atoms with Crippen LogP contribution in [0.1, 0.15) is 26.7 Å². The van der Waals surface area contributed by atoms with Crippen LogP contribution >= 0.6 is 0 Å². The van der Waals surface area contributed by atoms with Crippen LogP contribution in [0.5, 0.6) is 0 Å². The number of likely N-dealkylation sites (tertiary alicyclic amines) is 1. The van der Waals surface area contributed by atoms with E-state index < -0.39 is 0 Å². The molecule has 0 bridgehead atoms. The molecule has 1 aliphatic heterocycles. The Kier molecular flexibility index (Phi) is 3.54. The predicted molar refractivity (Wildman–Crippen MR) is 55.5 cm³/mol. The minimum atomic E-state index is 0.225. The summed E-state index contributed by atoms with van der Waals surface area (Å²) in [5.74, 6) is 0.225. The van der Waals surface area contributed by atoms with Gasteiger partial charge in [0, 0.05) is 19.1 Å². The Morgan fingerprint density at radius 1 is 1.31 bits per heavy atom. The van der Waals surface area contributed by atoms with Crippen molar-refractivity contribution in [2.45, 2.75) is 38.8 Å². The highest BCUT2D eigenvalue weighted by Crippen LogP contribution is 2.15. The van der Waals surface area contributed by atoms with E-state index in [1.807, 2.05) is 0 Å². The van der Waals surface area contributed by atoms with E-state index in [9.17, 15) is 0 Å². The van der Waals surface area contributed by atoms with Gasteiger partial charge in [0.2, 0.25) is 0 Å². The van der Waals surface area contributed by atoms with E-state index in [4.69, 9.17) is 11.5 Å². The van der Waals surface area contributed by atoms with Crippen LogP contribution in [-0.2, 0) is 0 Å². The number of piperidine rings is 1. The number of nitrogens with two attached hydrogens (primary N) is 2. The van der Waals surface area contributed by atoms with E-state index in [1.54, 1.807) is 0 Å². The fourth-order valence-electron chi connectivity index (χ4n) is 1.74. The van der Waals surface area contributed by atoms with Gasteiger partial charge in [0.25, 0.3) is 0 Å². The normalized spacial score (nSPS) is 20.5. The highest BCUT2D eigenvalue weighted by Gasteiger charge is 2.19. The first kappa shape index (κ1) is 10.3. The van der Waals surface area contributed by atoms with Gasteiger partial charge in [-0.15, -0.1) is 0 Å². The molecule has 0 spiro atoms. The second-order valence-corrected chi connectivity index (χ2v) is 3.91. The molecule has 4 N–H and O–H groups in total. The number of guanidine groups is 1. The number of rotatable bonds is 2. The van der Waals surface area contributed by atoms with Crippen molar-refractivity contribution in [1.82, 2.24) is 4.90 Å². The Morgan fingerprint density at radius 3 is 2.23 bits per heavy atom. The number of aliphatic imine (C=N–C) groups is 1. The standard InChI is InChI=1S/C9H20N4/c1-7(2)13-5-3-8(4-6-13)12-9(10)11/h7-8H,3-6H2,1-2H3,(H4,10,11,12). The van der Waals surface area contributed by atoms with Gasteiger partial charge in [0.05, 0.1) is 6.04 Å². The van der Waals surface area contributed by atoms with Gasteiger partial charge in [0.15, 0.2) is 5.96 Å². The summed E-state index contributed by atoms with van der Waals surface area (Å²) in [5.41, 5.74) is 10.7.